The maximum atomic E-state index is 12.8. The van der Waals surface area contributed by atoms with E-state index in [4.69, 9.17) is 4.74 Å². The zero-order valence-electron chi connectivity index (χ0n) is 19.9. The normalized spacial score (nSPS) is 16.8. The summed E-state index contributed by atoms with van der Waals surface area (Å²) in [4.78, 5) is 15.3. The molecular formula is C27H38N2O2. The summed E-state index contributed by atoms with van der Waals surface area (Å²) < 4.78 is 6.07. The number of anilines is 1. The molecule has 1 N–H and O–H groups in total. The molecule has 1 fully saturated rings. The molecule has 1 aliphatic rings. The molecule has 0 unspecified atom stereocenters. The molecule has 31 heavy (non-hydrogen) atoms. The molecule has 1 aliphatic heterocycles. The SMILES string of the molecule is Cc1ccc(C(C)C)c(O[C@H](C)C(=O)N[C@H](C)c2ccc(N3CCC(C)CC3)cc2)c1. The minimum absolute atomic E-state index is 0.0731. The molecule has 2 aromatic rings. The number of nitrogens with one attached hydrogen (secondary N) is 1. The van der Waals surface area contributed by atoms with Crippen molar-refractivity contribution in [3.63, 3.8) is 0 Å². The van der Waals surface area contributed by atoms with Crippen LogP contribution in [0.25, 0.3) is 0 Å². The Morgan fingerprint density at radius 2 is 1.68 bits per heavy atom. The number of benzene rings is 2. The molecule has 0 aliphatic carbocycles. The van der Waals surface area contributed by atoms with Crippen molar-refractivity contribution in [2.45, 2.75) is 72.4 Å². The third-order valence-corrected chi connectivity index (χ3v) is 6.36. The number of amides is 1. The lowest BCUT2D eigenvalue weighted by Gasteiger charge is -2.32. The van der Waals surface area contributed by atoms with Crippen molar-refractivity contribution >= 4 is 11.6 Å². The third kappa shape index (κ3) is 6.03. The summed E-state index contributed by atoms with van der Waals surface area (Å²) in [6.07, 6.45) is 1.95. The average molecular weight is 423 g/mol. The second-order valence-electron chi connectivity index (χ2n) is 9.45. The van der Waals surface area contributed by atoms with Crippen LogP contribution in [0.3, 0.4) is 0 Å². The molecule has 0 saturated carbocycles. The van der Waals surface area contributed by atoms with Gasteiger partial charge < -0.3 is 15.0 Å². The van der Waals surface area contributed by atoms with E-state index in [9.17, 15) is 4.79 Å². The molecule has 0 spiro atoms. The molecule has 0 radical (unpaired) electrons. The molecule has 4 heteroatoms. The zero-order chi connectivity index (χ0) is 22.5. The first-order valence-electron chi connectivity index (χ1n) is 11.7. The van der Waals surface area contributed by atoms with Crippen molar-refractivity contribution in [1.82, 2.24) is 5.32 Å². The van der Waals surface area contributed by atoms with Gasteiger partial charge in [0, 0.05) is 18.8 Å². The van der Waals surface area contributed by atoms with Crippen LogP contribution in [-0.2, 0) is 4.79 Å². The van der Waals surface area contributed by atoms with Crippen molar-refractivity contribution in [2.75, 3.05) is 18.0 Å². The van der Waals surface area contributed by atoms with Gasteiger partial charge in [0.25, 0.3) is 5.91 Å². The number of carbonyl (C=O) groups is 1. The minimum Gasteiger partial charge on any atom is -0.481 e. The molecule has 1 saturated heterocycles. The van der Waals surface area contributed by atoms with Gasteiger partial charge in [-0.1, -0.05) is 45.0 Å². The van der Waals surface area contributed by atoms with E-state index in [1.165, 1.54) is 18.5 Å². The average Bonchev–Trinajstić information content (AvgIpc) is 2.74. The van der Waals surface area contributed by atoms with Gasteiger partial charge in [0.15, 0.2) is 6.10 Å². The molecular weight excluding hydrogens is 384 g/mol. The molecule has 2 aromatic carbocycles. The van der Waals surface area contributed by atoms with Crippen LogP contribution in [0.4, 0.5) is 5.69 Å². The van der Waals surface area contributed by atoms with E-state index in [2.05, 4.69) is 67.4 Å². The molecule has 3 rings (SSSR count). The minimum atomic E-state index is -0.559. The zero-order valence-corrected chi connectivity index (χ0v) is 19.9. The highest BCUT2D eigenvalue weighted by atomic mass is 16.5. The Bertz CT molecular complexity index is 867. The second-order valence-corrected chi connectivity index (χ2v) is 9.45. The lowest BCUT2D eigenvalue weighted by atomic mass is 9.98. The van der Waals surface area contributed by atoms with Crippen molar-refractivity contribution in [2.24, 2.45) is 5.92 Å². The lowest BCUT2D eigenvalue weighted by molar-refractivity contribution is -0.127. The van der Waals surface area contributed by atoms with E-state index < -0.39 is 6.10 Å². The standard InChI is InChI=1S/C27H38N2O2/c1-18(2)25-12-7-20(4)17-26(25)31-22(6)27(30)28-21(5)23-8-10-24(11-9-23)29-15-13-19(3)14-16-29/h7-12,17-19,21-22H,13-16H2,1-6H3,(H,28,30)/t21-,22-/m1/s1. The van der Waals surface area contributed by atoms with Gasteiger partial charge in [-0.25, -0.2) is 0 Å². The number of hydrogen-bond acceptors (Lipinski definition) is 3. The lowest BCUT2D eigenvalue weighted by Crippen LogP contribution is -2.38. The predicted molar refractivity (Wildman–Crippen MR) is 129 cm³/mol. The van der Waals surface area contributed by atoms with Crippen LogP contribution in [0.2, 0.25) is 0 Å². The summed E-state index contributed by atoms with van der Waals surface area (Å²) in [5.41, 5.74) is 4.63. The van der Waals surface area contributed by atoms with Crippen LogP contribution in [0.5, 0.6) is 5.75 Å². The summed E-state index contributed by atoms with van der Waals surface area (Å²) in [5, 5.41) is 3.11. The van der Waals surface area contributed by atoms with Gasteiger partial charge in [-0.05, 0) is 80.3 Å². The van der Waals surface area contributed by atoms with Crippen LogP contribution in [0.1, 0.15) is 76.1 Å². The smallest absolute Gasteiger partial charge is 0.261 e. The molecule has 1 heterocycles. The number of carbonyl (C=O) groups excluding carboxylic acids is 1. The number of rotatable bonds is 7. The maximum Gasteiger partial charge on any atom is 0.261 e. The fraction of sp³-hybridized carbons (Fsp3) is 0.519. The fourth-order valence-corrected chi connectivity index (χ4v) is 4.12. The summed E-state index contributed by atoms with van der Waals surface area (Å²) in [6, 6.07) is 14.7. The van der Waals surface area contributed by atoms with Crippen molar-refractivity contribution in [3.05, 3.63) is 59.2 Å². The highest BCUT2D eigenvalue weighted by Gasteiger charge is 2.20. The van der Waals surface area contributed by atoms with Gasteiger partial charge in [0.1, 0.15) is 5.75 Å². The van der Waals surface area contributed by atoms with Crippen LogP contribution in [0, 0.1) is 12.8 Å². The van der Waals surface area contributed by atoms with E-state index in [1.54, 1.807) is 0 Å². The van der Waals surface area contributed by atoms with Gasteiger partial charge in [-0.2, -0.15) is 0 Å². The quantitative estimate of drug-likeness (QED) is 0.595. The Morgan fingerprint density at radius 3 is 2.29 bits per heavy atom. The predicted octanol–water partition coefficient (Wildman–Crippen LogP) is 6.00. The van der Waals surface area contributed by atoms with Gasteiger partial charge >= 0.3 is 0 Å². The molecule has 168 valence electrons. The summed E-state index contributed by atoms with van der Waals surface area (Å²) in [5.74, 6) is 1.86. The van der Waals surface area contributed by atoms with Crippen molar-refractivity contribution in [1.29, 1.82) is 0 Å². The molecule has 1 amide bonds. The molecule has 2 atom stereocenters. The fourth-order valence-electron chi connectivity index (χ4n) is 4.12. The number of ether oxygens (including phenoxy) is 1. The Balaban J connectivity index is 1.59. The Hall–Kier alpha value is -2.49. The third-order valence-electron chi connectivity index (χ3n) is 6.36. The largest absolute Gasteiger partial charge is 0.481 e. The first kappa shape index (κ1) is 23.2. The van der Waals surface area contributed by atoms with Gasteiger partial charge in [-0.15, -0.1) is 0 Å². The number of aryl methyl sites for hydroxylation is 1. The number of nitrogens with zero attached hydrogens (tertiary/aromatic N) is 1. The molecule has 4 nitrogen and oxygen atoms in total. The molecule has 0 aromatic heterocycles. The first-order chi connectivity index (χ1) is 14.7. The second kappa shape index (κ2) is 10.2. The van der Waals surface area contributed by atoms with Gasteiger partial charge in [0.05, 0.1) is 6.04 Å². The summed E-state index contributed by atoms with van der Waals surface area (Å²) in [7, 11) is 0. The summed E-state index contributed by atoms with van der Waals surface area (Å²) >= 11 is 0. The van der Waals surface area contributed by atoms with Crippen LogP contribution >= 0.6 is 0 Å². The Labute approximate surface area is 188 Å². The van der Waals surface area contributed by atoms with E-state index in [-0.39, 0.29) is 11.9 Å². The molecule has 0 bridgehead atoms. The Morgan fingerprint density at radius 1 is 1.03 bits per heavy atom. The van der Waals surface area contributed by atoms with Crippen molar-refractivity contribution in [3.8, 4) is 5.75 Å². The monoisotopic (exact) mass is 422 g/mol. The van der Waals surface area contributed by atoms with E-state index in [1.807, 2.05) is 26.8 Å². The van der Waals surface area contributed by atoms with Crippen LogP contribution in [-0.4, -0.2) is 25.1 Å². The number of piperidine rings is 1. The number of hydrogen-bond donors (Lipinski definition) is 1. The van der Waals surface area contributed by atoms with Crippen molar-refractivity contribution < 1.29 is 9.53 Å². The highest BCUT2D eigenvalue weighted by molar-refractivity contribution is 5.81. The topological polar surface area (TPSA) is 41.6 Å². The summed E-state index contributed by atoms with van der Waals surface area (Å²) in [6.45, 7) is 14.7. The van der Waals surface area contributed by atoms with Crippen LogP contribution < -0.4 is 15.0 Å². The Kier molecular flexibility index (Phi) is 7.64. The maximum absolute atomic E-state index is 12.8. The van der Waals surface area contributed by atoms with Gasteiger partial charge in [-0.3, -0.25) is 4.79 Å². The van der Waals surface area contributed by atoms with E-state index >= 15 is 0 Å². The van der Waals surface area contributed by atoms with E-state index in [0.29, 0.717) is 5.92 Å². The van der Waals surface area contributed by atoms with E-state index in [0.717, 1.165) is 41.4 Å². The van der Waals surface area contributed by atoms with Crippen LogP contribution in [0.15, 0.2) is 42.5 Å². The first-order valence-corrected chi connectivity index (χ1v) is 11.7. The highest BCUT2D eigenvalue weighted by Crippen LogP contribution is 2.29. The van der Waals surface area contributed by atoms with Gasteiger partial charge in [0.2, 0.25) is 0 Å².